The summed E-state index contributed by atoms with van der Waals surface area (Å²) in [4.78, 5) is 4.47. The van der Waals surface area contributed by atoms with Crippen molar-refractivity contribution in [3.05, 3.63) is 16.1 Å². The average Bonchev–Trinajstić information content (AvgIpc) is 3.12. The van der Waals surface area contributed by atoms with E-state index in [1.807, 2.05) is 6.92 Å². The van der Waals surface area contributed by atoms with Crippen molar-refractivity contribution in [3.63, 3.8) is 0 Å². The Kier molecular flexibility index (Phi) is 4.80. The second-order valence-electron chi connectivity index (χ2n) is 5.28. The van der Waals surface area contributed by atoms with Gasteiger partial charge >= 0.3 is 0 Å². The number of nitrogens with zero attached hydrogens (tertiary/aromatic N) is 1. The molecule has 1 aliphatic rings. The van der Waals surface area contributed by atoms with Crippen LogP contribution in [0.15, 0.2) is 6.07 Å². The van der Waals surface area contributed by atoms with Crippen LogP contribution in [0.4, 0.5) is 11.6 Å². The summed E-state index contributed by atoms with van der Waals surface area (Å²) in [5.41, 5.74) is 0.470. The van der Waals surface area contributed by atoms with E-state index >= 15 is 0 Å². The Morgan fingerprint density at radius 3 is 2.32 bits per heavy atom. The highest BCUT2D eigenvalue weighted by Gasteiger charge is 2.41. The van der Waals surface area contributed by atoms with Gasteiger partial charge in [0.25, 0.3) is 0 Å². The van der Waals surface area contributed by atoms with Crippen molar-refractivity contribution in [3.8, 4) is 0 Å². The van der Waals surface area contributed by atoms with Crippen LogP contribution in [-0.2, 0) is 0 Å². The number of nitrogens with one attached hydrogen (secondary N) is 2. The van der Waals surface area contributed by atoms with Gasteiger partial charge in [-0.05, 0) is 37.7 Å². The summed E-state index contributed by atoms with van der Waals surface area (Å²) in [7, 11) is 0. The van der Waals surface area contributed by atoms with Crippen molar-refractivity contribution in [2.45, 2.75) is 39.5 Å². The van der Waals surface area contributed by atoms with Gasteiger partial charge in [0, 0.05) is 13.1 Å². The minimum atomic E-state index is 0.470. The topological polar surface area (TPSA) is 37.0 Å². The van der Waals surface area contributed by atoms with Crippen LogP contribution in [0.1, 0.15) is 39.5 Å². The zero-order chi connectivity index (χ0) is 13.9. The molecule has 5 heteroatoms. The quantitative estimate of drug-likeness (QED) is 0.758. The first-order valence-electron chi connectivity index (χ1n) is 6.94. The van der Waals surface area contributed by atoms with E-state index in [1.165, 1.54) is 25.7 Å². The third-order valence-electron chi connectivity index (χ3n) is 3.64. The normalized spacial score (nSPS) is 16.2. The van der Waals surface area contributed by atoms with Gasteiger partial charge in [-0.1, -0.05) is 36.5 Å². The lowest BCUT2D eigenvalue weighted by atomic mass is 10.0. The Bertz CT molecular complexity index is 445. The molecule has 1 heterocycles. The maximum absolute atomic E-state index is 6.19. The van der Waals surface area contributed by atoms with E-state index in [-0.39, 0.29) is 0 Å². The molecule has 1 aromatic heterocycles. The molecule has 106 valence electrons. The standard InChI is InChI=1S/C14H21Cl2N3/c1-3-5-14(6-7-14)9-18-13-11(16)8-10(15)12(19-13)17-4-2/h8H,3-7,9H2,1-2H3,(H2,17,18,19). The highest BCUT2D eigenvalue weighted by molar-refractivity contribution is 6.37. The SMILES string of the molecule is CCCC1(CNc2nc(NCC)c(Cl)cc2Cl)CC1. The third kappa shape index (κ3) is 3.67. The van der Waals surface area contributed by atoms with Gasteiger partial charge in [-0.25, -0.2) is 4.98 Å². The molecular weight excluding hydrogens is 281 g/mol. The van der Waals surface area contributed by atoms with Crippen LogP contribution in [0.2, 0.25) is 10.0 Å². The van der Waals surface area contributed by atoms with Crippen molar-refractivity contribution in [1.29, 1.82) is 0 Å². The van der Waals surface area contributed by atoms with Crippen LogP contribution in [-0.4, -0.2) is 18.1 Å². The van der Waals surface area contributed by atoms with Crippen molar-refractivity contribution < 1.29 is 0 Å². The van der Waals surface area contributed by atoms with E-state index in [0.717, 1.165) is 18.9 Å². The number of hydrogen-bond acceptors (Lipinski definition) is 3. The lowest BCUT2D eigenvalue weighted by Gasteiger charge is -2.17. The molecule has 0 spiro atoms. The molecular formula is C14H21Cl2N3. The fraction of sp³-hybridized carbons (Fsp3) is 0.643. The molecule has 0 atom stereocenters. The van der Waals surface area contributed by atoms with Crippen LogP contribution in [0.25, 0.3) is 0 Å². The second-order valence-corrected chi connectivity index (χ2v) is 6.10. The maximum atomic E-state index is 6.19. The molecule has 1 saturated carbocycles. The third-order valence-corrected chi connectivity index (χ3v) is 4.22. The van der Waals surface area contributed by atoms with Crippen LogP contribution in [0.5, 0.6) is 0 Å². The van der Waals surface area contributed by atoms with Crippen LogP contribution in [0.3, 0.4) is 0 Å². The largest absolute Gasteiger partial charge is 0.369 e. The van der Waals surface area contributed by atoms with Crippen LogP contribution in [0, 0.1) is 5.41 Å². The summed E-state index contributed by atoms with van der Waals surface area (Å²) in [6.45, 7) is 5.98. The molecule has 19 heavy (non-hydrogen) atoms. The van der Waals surface area contributed by atoms with Gasteiger partial charge in [-0.15, -0.1) is 0 Å². The minimum Gasteiger partial charge on any atom is -0.369 e. The molecule has 1 aromatic rings. The summed E-state index contributed by atoms with van der Waals surface area (Å²) in [6, 6.07) is 1.75. The van der Waals surface area contributed by atoms with Gasteiger partial charge in [0.1, 0.15) is 11.6 Å². The average molecular weight is 302 g/mol. The molecule has 0 aliphatic heterocycles. The predicted molar refractivity (Wildman–Crippen MR) is 83.5 cm³/mol. The van der Waals surface area contributed by atoms with Crippen molar-refractivity contribution in [2.75, 3.05) is 23.7 Å². The van der Waals surface area contributed by atoms with E-state index in [4.69, 9.17) is 23.2 Å². The van der Waals surface area contributed by atoms with Gasteiger partial charge in [-0.2, -0.15) is 0 Å². The number of hydrogen-bond donors (Lipinski definition) is 2. The van der Waals surface area contributed by atoms with Crippen molar-refractivity contribution in [2.24, 2.45) is 5.41 Å². The number of rotatable bonds is 7. The summed E-state index contributed by atoms with van der Waals surface area (Å²) < 4.78 is 0. The first-order chi connectivity index (χ1) is 9.10. The number of aromatic nitrogens is 1. The summed E-state index contributed by atoms with van der Waals surface area (Å²) >= 11 is 12.3. The lowest BCUT2D eigenvalue weighted by Crippen LogP contribution is -2.16. The molecule has 0 saturated heterocycles. The number of halogens is 2. The summed E-state index contributed by atoms with van der Waals surface area (Å²) in [5, 5.41) is 7.67. The zero-order valence-electron chi connectivity index (χ0n) is 11.5. The molecule has 0 bridgehead atoms. The summed E-state index contributed by atoms with van der Waals surface area (Å²) in [6.07, 6.45) is 5.11. The molecule has 0 aromatic carbocycles. The van der Waals surface area contributed by atoms with E-state index in [1.54, 1.807) is 6.07 Å². The Labute approximate surface area is 125 Å². The Morgan fingerprint density at radius 1 is 1.16 bits per heavy atom. The van der Waals surface area contributed by atoms with Crippen LogP contribution < -0.4 is 10.6 Å². The first kappa shape index (κ1) is 14.7. The number of anilines is 2. The molecule has 1 aliphatic carbocycles. The molecule has 1 fully saturated rings. The van der Waals surface area contributed by atoms with Gasteiger partial charge in [0.15, 0.2) is 0 Å². The maximum Gasteiger partial charge on any atom is 0.147 e. The van der Waals surface area contributed by atoms with Crippen molar-refractivity contribution >= 4 is 34.8 Å². The molecule has 2 rings (SSSR count). The number of pyridine rings is 1. The monoisotopic (exact) mass is 301 g/mol. The molecule has 0 radical (unpaired) electrons. The van der Waals surface area contributed by atoms with E-state index < -0.39 is 0 Å². The van der Waals surface area contributed by atoms with E-state index in [2.05, 4.69) is 22.5 Å². The fourth-order valence-corrected chi connectivity index (χ4v) is 2.87. The van der Waals surface area contributed by atoms with Gasteiger partial charge in [-0.3, -0.25) is 0 Å². The lowest BCUT2D eigenvalue weighted by molar-refractivity contribution is 0.485. The second kappa shape index (κ2) is 6.19. The highest BCUT2D eigenvalue weighted by atomic mass is 35.5. The van der Waals surface area contributed by atoms with Gasteiger partial charge < -0.3 is 10.6 Å². The molecule has 2 N–H and O–H groups in total. The van der Waals surface area contributed by atoms with Gasteiger partial charge in [0.2, 0.25) is 0 Å². The van der Waals surface area contributed by atoms with Gasteiger partial charge in [0.05, 0.1) is 10.0 Å². The fourth-order valence-electron chi connectivity index (χ4n) is 2.38. The van der Waals surface area contributed by atoms with E-state index in [0.29, 0.717) is 21.3 Å². The molecule has 0 unspecified atom stereocenters. The first-order valence-corrected chi connectivity index (χ1v) is 7.69. The Balaban J connectivity index is 2.05. The van der Waals surface area contributed by atoms with Crippen LogP contribution >= 0.6 is 23.2 Å². The Hall–Kier alpha value is -0.670. The molecule has 3 nitrogen and oxygen atoms in total. The summed E-state index contributed by atoms with van der Waals surface area (Å²) in [5.74, 6) is 1.42. The predicted octanol–water partition coefficient (Wildman–Crippen LogP) is 4.81. The minimum absolute atomic E-state index is 0.470. The Morgan fingerprint density at radius 2 is 1.79 bits per heavy atom. The van der Waals surface area contributed by atoms with E-state index in [9.17, 15) is 0 Å². The smallest absolute Gasteiger partial charge is 0.147 e. The van der Waals surface area contributed by atoms with Crippen molar-refractivity contribution in [1.82, 2.24) is 4.98 Å². The highest BCUT2D eigenvalue weighted by Crippen LogP contribution is 2.49. The molecule has 0 amide bonds. The zero-order valence-corrected chi connectivity index (χ0v) is 13.0.